The zero-order valence-corrected chi connectivity index (χ0v) is 15.3. The molecule has 0 unspecified atom stereocenters. The number of rotatable bonds is 5. The normalized spacial score (nSPS) is 16.2. The number of halogens is 3. The highest BCUT2D eigenvalue weighted by atomic mass is 19.4. The smallest absolute Gasteiger partial charge is 0.370 e. The first kappa shape index (κ1) is 18.3. The van der Waals surface area contributed by atoms with E-state index in [0.717, 1.165) is 30.7 Å². The first-order chi connectivity index (χ1) is 13.4. The van der Waals surface area contributed by atoms with Crippen molar-refractivity contribution in [1.29, 1.82) is 0 Å². The molecule has 3 aromatic heterocycles. The fourth-order valence-corrected chi connectivity index (χ4v) is 3.35. The zero-order valence-electron chi connectivity index (χ0n) is 15.3. The first-order valence-electron chi connectivity index (χ1n) is 8.86. The summed E-state index contributed by atoms with van der Waals surface area (Å²) < 4.78 is 43.3. The van der Waals surface area contributed by atoms with Crippen LogP contribution in [0.3, 0.4) is 0 Å². The van der Waals surface area contributed by atoms with Gasteiger partial charge in [-0.3, -0.25) is 4.68 Å². The lowest BCUT2D eigenvalue weighted by Crippen LogP contribution is -2.15. The van der Waals surface area contributed by atoms with Gasteiger partial charge in [-0.2, -0.15) is 23.3 Å². The summed E-state index contributed by atoms with van der Waals surface area (Å²) in [6, 6.07) is 0.144. The third-order valence-electron chi connectivity index (χ3n) is 4.70. The zero-order chi connectivity index (χ0) is 19.9. The molecule has 0 fully saturated rings. The number of nitrogens with one attached hydrogen (secondary N) is 2. The van der Waals surface area contributed by atoms with Gasteiger partial charge in [0, 0.05) is 38.1 Å². The van der Waals surface area contributed by atoms with Crippen molar-refractivity contribution in [2.75, 3.05) is 17.2 Å². The van der Waals surface area contributed by atoms with Gasteiger partial charge in [0.25, 0.3) is 0 Å². The number of alkyl halides is 3. The maximum absolute atomic E-state index is 13.1. The summed E-state index contributed by atoms with van der Waals surface area (Å²) >= 11 is 0. The van der Waals surface area contributed by atoms with Crippen molar-refractivity contribution in [2.45, 2.75) is 39.0 Å². The van der Waals surface area contributed by atoms with E-state index < -0.39 is 11.7 Å². The Labute approximate surface area is 158 Å². The molecule has 0 radical (unpaired) electrons. The molecule has 0 saturated heterocycles. The predicted octanol–water partition coefficient (Wildman–Crippen LogP) is 3.17. The number of anilines is 3. The lowest BCUT2D eigenvalue weighted by atomic mass is 10.2. The SMILES string of the molecule is CCNc1nc(Nc2cnn([C@@H]3Cc4nccn4C3)c2C)ncc1C(F)(F)F. The van der Waals surface area contributed by atoms with Gasteiger partial charge in [0.15, 0.2) is 0 Å². The van der Waals surface area contributed by atoms with Crippen LogP contribution >= 0.6 is 0 Å². The van der Waals surface area contributed by atoms with E-state index in [1.54, 1.807) is 19.3 Å². The summed E-state index contributed by atoms with van der Waals surface area (Å²) in [7, 11) is 0. The third-order valence-corrected chi connectivity index (χ3v) is 4.70. The highest BCUT2D eigenvalue weighted by Crippen LogP contribution is 2.34. The maximum atomic E-state index is 13.1. The van der Waals surface area contributed by atoms with Gasteiger partial charge in [-0.25, -0.2) is 9.97 Å². The van der Waals surface area contributed by atoms with Crippen molar-refractivity contribution in [3.63, 3.8) is 0 Å². The fraction of sp³-hybridized carbons (Fsp3) is 0.412. The van der Waals surface area contributed by atoms with Gasteiger partial charge in [0.2, 0.25) is 5.95 Å². The molecule has 4 rings (SSSR count). The molecule has 28 heavy (non-hydrogen) atoms. The molecule has 0 aromatic carbocycles. The molecule has 1 aliphatic heterocycles. The summed E-state index contributed by atoms with van der Waals surface area (Å²) in [4.78, 5) is 12.1. The topological polar surface area (TPSA) is 85.5 Å². The molecule has 0 aliphatic carbocycles. The van der Waals surface area contributed by atoms with Gasteiger partial charge in [0.05, 0.1) is 23.6 Å². The van der Waals surface area contributed by atoms with Crippen LogP contribution in [0.25, 0.3) is 0 Å². The number of nitrogens with zero attached hydrogens (tertiary/aromatic N) is 6. The molecule has 1 aliphatic rings. The number of imidazole rings is 1. The number of aromatic nitrogens is 6. The van der Waals surface area contributed by atoms with Gasteiger partial charge in [-0.1, -0.05) is 0 Å². The summed E-state index contributed by atoms with van der Waals surface area (Å²) in [6.45, 7) is 4.69. The van der Waals surface area contributed by atoms with Gasteiger partial charge in [-0.15, -0.1) is 0 Å². The van der Waals surface area contributed by atoms with Crippen LogP contribution in [0.2, 0.25) is 0 Å². The Morgan fingerprint density at radius 3 is 2.79 bits per heavy atom. The standard InChI is InChI=1S/C17H19F3N8/c1-3-21-15-12(17(18,19)20)7-23-16(26-15)25-13-8-24-28(10(13)2)11-6-14-22-4-5-27(14)9-11/h4-5,7-8,11H,3,6,9H2,1-2H3,(H2,21,23,25,26)/t11-/m1/s1. The summed E-state index contributed by atoms with van der Waals surface area (Å²) in [5.41, 5.74) is 0.601. The molecule has 2 N–H and O–H groups in total. The summed E-state index contributed by atoms with van der Waals surface area (Å²) in [5.74, 6) is 0.834. The molecule has 8 nitrogen and oxygen atoms in total. The van der Waals surface area contributed by atoms with Crippen molar-refractivity contribution in [3.05, 3.63) is 41.9 Å². The molecule has 148 valence electrons. The van der Waals surface area contributed by atoms with Crippen LogP contribution in [0.5, 0.6) is 0 Å². The van der Waals surface area contributed by atoms with Gasteiger partial charge < -0.3 is 15.2 Å². The highest BCUT2D eigenvalue weighted by molar-refractivity contribution is 5.58. The minimum absolute atomic E-state index is 0.0750. The minimum atomic E-state index is -4.52. The van der Waals surface area contributed by atoms with Crippen LogP contribution < -0.4 is 10.6 Å². The van der Waals surface area contributed by atoms with Gasteiger partial charge in [-0.05, 0) is 13.8 Å². The van der Waals surface area contributed by atoms with E-state index in [4.69, 9.17) is 0 Å². The average molecular weight is 392 g/mol. The molecule has 1 atom stereocenters. The third kappa shape index (κ3) is 3.27. The Balaban J connectivity index is 1.56. The van der Waals surface area contributed by atoms with Gasteiger partial charge >= 0.3 is 6.18 Å². The largest absolute Gasteiger partial charge is 0.421 e. The Morgan fingerprint density at radius 1 is 1.25 bits per heavy atom. The Bertz CT molecular complexity index is 970. The monoisotopic (exact) mass is 392 g/mol. The van der Waals surface area contributed by atoms with E-state index in [9.17, 15) is 13.2 Å². The van der Waals surface area contributed by atoms with Crippen LogP contribution in [0.15, 0.2) is 24.8 Å². The van der Waals surface area contributed by atoms with E-state index in [1.165, 1.54) is 0 Å². The van der Waals surface area contributed by atoms with E-state index >= 15 is 0 Å². The first-order valence-corrected chi connectivity index (χ1v) is 8.86. The Morgan fingerprint density at radius 2 is 2.07 bits per heavy atom. The lowest BCUT2D eigenvalue weighted by Gasteiger charge is -2.14. The molecule has 0 bridgehead atoms. The van der Waals surface area contributed by atoms with Crippen LogP contribution in [0.1, 0.15) is 30.0 Å². The molecular formula is C17H19F3N8. The van der Waals surface area contributed by atoms with E-state index in [2.05, 4.69) is 35.3 Å². The fourth-order valence-electron chi connectivity index (χ4n) is 3.35. The Hall–Kier alpha value is -3.11. The van der Waals surface area contributed by atoms with Crippen LogP contribution in [0.4, 0.5) is 30.6 Å². The quantitative estimate of drug-likeness (QED) is 0.694. The molecule has 0 saturated carbocycles. The second-order valence-electron chi connectivity index (χ2n) is 6.55. The van der Waals surface area contributed by atoms with Crippen molar-refractivity contribution >= 4 is 17.5 Å². The molecule has 0 amide bonds. The number of hydrogen-bond donors (Lipinski definition) is 2. The number of hydrogen-bond acceptors (Lipinski definition) is 6. The molecule has 0 spiro atoms. The van der Waals surface area contributed by atoms with Crippen molar-refractivity contribution in [2.24, 2.45) is 0 Å². The second kappa shape index (κ2) is 6.80. The molecule has 3 aromatic rings. The molecular weight excluding hydrogens is 373 g/mol. The van der Waals surface area contributed by atoms with Crippen molar-refractivity contribution < 1.29 is 13.2 Å². The second-order valence-corrected chi connectivity index (χ2v) is 6.55. The molecule has 4 heterocycles. The lowest BCUT2D eigenvalue weighted by molar-refractivity contribution is -0.137. The summed E-state index contributed by atoms with van der Waals surface area (Å²) in [6.07, 6.45) is 2.37. The van der Waals surface area contributed by atoms with Crippen molar-refractivity contribution in [3.8, 4) is 0 Å². The van der Waals surface area contributed by atoms with Gasteiger partial charge in [0.1, 0.15) is 17.2 Å². The number of fused-ring (bicyclic) bond motifs is 1. The summed E-state index contributed by atoms with van der Waals surface area (Å²) in [5, 5.41) is 10.0. The van der Waals surface area contributed by atoms with Crippen LogP contribution in [-0.4, -0.2) is 35.8 Å². The van der Waals surface area contributed by atoms with Crippen molar-refractivity contribution in [1.82, 2.24) is 29.3 Å². The predicted molar refractivity (Wildman–Crippen MR) is 96.4 cm³/mol. The minimum Gasteiger partial charge on any atom is -0.370 e. The Kier molecular flexibility index (Phi) is 4.44. The maximum Gasteiger partial charge on any atom is 0.421 e. The van der Waals surface area contributed by atoms with E-state index in [0.29, 0.717) is 12.2 Å². The van der Waals surface area contributed by atoms with Crippen LogP contribution in [-0.2, 0) is 19.1 Å². The van der Waals surface area contributed by atoms with E-state index in [1.807, 2.05) is 17.8 Å². The highest BCUT2D eigenvalue weighted by Gasteiger charge is 2.35. The van der Waals surface area contributed by atoms with Crippen LogP contribution in [0, 0.1) is 6.92 Å². The average Bonchev–Trinajstić information content (AvgIpc) is 3.30. The molecule has 11 heteroatoms. The van der Waals surface area contributed by atoms with E-state index in [-0.39, 0.29) is 17.8 Å².